The van der Waals surface area contributed by atoms with Crippen LogP contribution in [0.25, 0.3) is 0 Å². The molecule has 1 aromatic carbocycles. The lowest BCUT2D eigenvalue weighted by Gasteiger charge is -2.28. The summed E-state index contributed by atoms with van der Waals surface area (Å²) < 4.78 is 4.70. The number of nitrogens with one attached hydrogen (secondary N) is 1. The Labute approximate surface area is 170 Å². The van der Waals surface area contributed by atoms with Crippen LogP contribution in [0.1, 0.15) is 54.2 Å². The Kier molecular flexibility index (Phi) is 5.88. The number of aromatic amines is 1. The maximum atomic E-state index is 12.3. The van der Waals surface area contributed by atoms with Gasteiger partial charge in [0, 0.05) is 29.6 Å². The van der Waals surface area contributed by atoms with Crippen molar-refractivity contribution in [1.82, 2.24) is 9.88 Å². The fraction of sp³-hybridized carbons (Fsp3) is 0.409. The Morgan fingerprint density at radius 1 is 1.24 bits per heavy atom. The standard InChI is InChI=1S/C22H27N3O4/c1-22(2,3)18(26)12-16-11-17-19(24-16)23-13-25(20(17)27)10-9-14-5-7-15(8-6-14)21(28)29-4/h5-8,11,13,20,24,27H,9-10,12H2,1-4H3. The molecule has 0 spiro atoms. The first-order valence-corrected chi connectivity index (χ1v) is 9.59. The number of esters is 1. The molecule has 1 aromatic heterocycles. The van der Waals surface area contributed by atoms with Gasteiger partial charge in [-0.05, 0) is 30.2 Å². The second-order valence-corrected chi connectivity index (χ2v) is 8.24. The van der Waals surface area contributed by atoms with E-state index >= 15 is 0 Å². The van der Waals surface area contributed by atoms with Crippen LogP contribution < -0.4 is 0 Å². The van der Waals surface area contributed by atoms with Crippen LogP contribution in [-0.2, 0) is 22.4 Å². The lowest BCUT2D eigenvalue weighted by atomic mass is 9.88. The van der Waals surface area contributed by atoms with E-state index in [0.29, 0.717) is 29.9 Å². The van der Waals surface area contributed by atoms with Crippen LogP contribution in [0.15, 0.2) is 35.3 Å². The predicted octanol–water partition coefficient (Wildman–Crippen LogP) is 3.17. The first-order chi connectivity index (χ1) is 13.7. The van der Waals surface area contributed by atoms with Crippen molar-refractivity contribution in [3.8, 4) is 0 Å². The molecule has 0 aliphatic carbocycles. The molecule has 0 saturated carbocycles. The van der Waals surface area contributed by atoms with E-state index in [1.54, 1.807) is 23.4 Å². The number of nitrogens with zero attached hydrogens (tertiary/aromatic N) is 2. The number of aromatic nitrogens is 1. The summed E-state index contributed by atoms with van der Waals surface area (Å²) in [4.78, 5) is 33.1. The number of methoxy groups -OCH3 is 1. The molecule has 1 atom stereocenters. The number of ketones is 1. The van der Waals surface area contributed by atoms with Crippen LogP contribution in [0.2, 0.25) is 0 Å². The number of benzene rings is 1. The molecule has 2 aromatic rings. The Morgan fingerprint density at radius 2 is 1.93 bits per heavy atom. The highest BCUT2D eigenvalue weighted by Gasteiger charge is 2.27. The van der Waals surface area contributed by atoms with Crippen molar-refractivity contribution in [2.75, 3.05) is 13.7 Å². The zero-order valence-electron chi connectivity index (χ0n) is 17.2. The number of aliphatic imine (C=N–C) groups is 1. The van der Waals surface area contributed by atoms with E-state index in [4.69, 9.17) is 4.74 Å². The molecule has 0 bridgehead atoms. The molecular weight excluding hydrogens is 370 g/mol. The van der Waals surface area contributed by atoms with Crippen molar-refractivity contribution in [3.63, 3.8) is 0 Å². The number of Topliss-reactive ketones (excluding diaryl/α,β-unsaturated/α-hetero) is 1. The summed E-state index contributed by atoms with van der Waals surface area (Å²) in [6.45, 7) is 6.24. The zero-order valence-corrected chi connectivity index (χ0v) is 17.2. The SMILES string of the molecule is COC(=O)c1ccc(CCN2C=Nc3[nH]c(CC(=O)C(C)(C)C)cc3C2O)cc1. The van der Waals surface area contributed by atoms with Crippen molar-refractivity contribution >= 4 is 23.9 Å². The molecule has 7 nitrogen and oxygen atoms in total. The molecule has 154 valence electrons. The summed E-state index contributed by atoms with van der Waals surface area (Å²) >= 11 is 0. The summed E-state index contributed by atoms with van der Waals surface area (Å²) in [5.74, 6) is 0.352. The Hall–Kier alpha value is -2.93. The van der Waals surface area contributed by atoms with Gasteiger partial charge >= 0.3 is 5.97 Å². The van der Waals surface area contributed by atoms with Crippen LogP contribution in [0.4, 0.5) is 5.82 Å². The van der Waals surface area contributed by atoms with Gasteiger partial charge in [0.1, 0.15) is 11.6 Å². The third kappa shape index (κ3) is 4.74. The average molecular weight is 397 g/mol. The monoisotopic (exact) mass is 397 g/mol. The Balaban J connectivity index is 1.63. The second kappa shape index (κ2) is 8.21. The van der Waals surface area contributed by atoms with Gasteiger partial charge in [0.05, 0.1) is 19.0 Å². The summed E-state index contributed by atoms with van der Waals surface area (Å²) in [6, 6.07) is 9.02. The highest BCUT2D eigenvalue weighted by Crippen LogP contribution is 2.32. The van der Waals surface area contributed by atoms with Crippen molar-refractivity contribution in [2.45, 2.75) is 39.8 Å². The molecule has 2 N–H and O–H groups in total. The van der Waals surface area contributed by atoms with E-state index in [2.05, 4.69) is 9.98 Å². The minimum Gasteiger partial charge on any atom is -0.465 e. The molecule has 3 rings (SSSR count). The number of aliphatic hydroxyl groups excluding tert-OH is 1. The number of hydrogen-bond acceptors (Lipinski definition) is 6. The molecule has 7 heteroatoms. The maximum Gasteiger partial charge on any atom is 0.337 e. The summed E-state index contributed by atoms with van der Waals surface area (Å²) in [7, 11) is 1.35. The molecule has 0 saturated heterocycles. The van der Waals surface area contributed by atoms with Gasteiger partial charge in [0.2, 0.25) is 0 Å². The topological polar surface area (TPSA) is 95.0 Å². The maximum absolute atomic E-state index is 12.3. The Morgan fingerprint density at radius 3 is 2.55 bits per heavy atom. The zero-order chi connectivity index (χ0) is 21.2. The summed E-state index contributed by atoms with van der Waals surface area (Å²) in [5.41, 5.74) is 2.56. The number of hydrogen-bond donors (Lipinski definition) is 2. The smallest absolute Gasteiger partial charge is 0.337 e. The molecule has 2 heterocycles. The van der Waals surface area contributed by atoms with Gasteiger partial charge in [-0.25, -0.2) is 9.79 Å². The largest absolute Gasteiger partial charge is 0.465 e. The van der Waals surface area contributed by atoms with E-state index in [0.717, 1.165) is 11.3 Å². The fourth-order valence-corrected chi connectivity index (χ4v) is 3.09. The predicted molar refractivity (Wildman–Crippen MR) is 110 cm³/mol. The van der Waals surface area contributed by atoms with Gasteiger partial charge < -0.3 is 19.7 Å². The number of fused-ring (bicyclic) bond motifs is 1. The van der Waals surface area contributed by atoms with E-state index in [-0.39, 0.29) is 18.2 Å². The first-order valence-electron chi connectivity index (χ1n) is 9.59. The molecule has 1 aliphatic rings. The third-order valence-corrected chi connectivity index (χ3v) is 5.03. The van der Waals surface area contributed by atoms with Gasteiger partial charge in [0.25, 0.3) is 0 Å². The van der Waals surface area contributed by atoms with E-state index in [1.807, 2.05) is 39.0 Å². The van der Waals surface area contributed by atoms with E-state index < -0.39 is 11.6 Å². The van der Waals surface area contributed by atoms with E-state index in [9.17, 15) is 14.7 Å². The number of carbonyl (C=O) groups excluding carboxylic acids is 2. The lowest BCUT2D eigenvalue weighted by molar-refractivity contribution is -0.125. The van der Waals surface area contributed by atoms with Crippen molar-refractivity contribution < 1.29 is 19.4 Å². The summed E-state index contributed by atoms with van der Waals surface area (Å²) in [6.07, 6.45) is 1.75. The van der Waals surface area contributed by atoms with Gasteiger partial charge in [-0.2, -0.15) is 0 Å². The highest BCUT2D eigenvalue weighted by atomic mass is 16.5. The van der Waals surface area contributed by atoms with Crippen molar-refractivity contribution in [3.05, 3.63) is 52.7 Å². The summed E-state index contributed by atoms with van der Waals surface area (Å²) in [5, 5.41) is 10.7. The van der Waals surface area contributed by atoms with Crippen molar-refractivity contribution in [2.24, 2.45) is 10.4 Å². The molecule has 1 aliphatic heterocycles. The van der Waals surface area contributed by atoms with Gasteiger partial charge in [-0.3, -0.25) is 4.79 Å². The molecule has 1 unspecified atom stereocenters. The number of H-pyrrole nitrogens is 1. The molecular formula is C22H27N3O4. The van der Waals surface area contributed by atoms with Crippen molar-refractivity contribution in [1.29, 1.82) is 0 Å². The Bertz CT molecular complexity index is 923. The van der Waals surface area contributed by atoms with Crippen LogP contribution >= 0.6 is 0 Å². The highest BCUT2D eigenvalue weighted by molar-refractivity contribution is 5.89. The van der Waals surface area contributed by atoms with Crippen LogP contribution in [0.5, 0.6) is 0 Å². The quantitative estimate of drug-likeness (QED) is 0.730. The molecule has 29 heavy (non-hydrogen) atoms. The normalized spacial score (nSPS) is 15.9. The van der Waals surface area contributed by atoms with Gasteiger partial charge in [0.15, 0.2) is 6.23 Å². The van der Waals surface area contributed by atoms with Crippen LogP contribution in [-0.4, -0.2) is 46.7 Å². The number of carbonyl (C=O) groups is 2. The number of rotatable bonds is 6. The third-order valence-electron chi connectivity index (χ3n) is 5.03. The molecule has 0 fully saturated rings. The number of aliphatic hydroxyl groups is 1. The second-order valence-electron chi connectivity index (χ2n) is 8.24. The minimum atomic E-state index is -0.827. The fourth-order valence-electron chi connectivity index (χ4n) is 3.09. The van der Waals surface area contributed by atoms with Gasteiger partial charge in [-0.1, -0.05) is 32.9 Å². The first kappa shape index (κ1) is 20.8. The van der Waals surface area contributed by atoms with E-state index in [1.165, 1.54) is 7.11 Å². The number of ether oxygens (including phenoxy) is 1. The molecule has 0 radical (unpaired) electrons. The minimum absolute atomic E-state index is 0.127. The van der Waals surface area contributed by atoms with Crippen LogP contribution in [0.3, 0.4) is 0 Å². The lowest BCUT2D eigenvalue weighted by Crippen LogP contribution is -2.31. The molecule has 0 amide bonds. The van der Waals surface area contributed by atoms with Gasteiger partial charge in [-0.15, -0.1) is 0 Å². The average Bonchev–Trinajstić information content (AvgIpc) is 3.10. The van der Waals surface area contributed by atoms with Crippen LogP contribution in [0, 0.1) is 5.41 Å².